The molecule has 0 radical (unpaired) electrons. The SMILES string of the molecule is CN(C)C(CNC(=O)Cc1csc(NC(=O)c2cccs2)n1)c1ccccc1. The van der Waals surface area contributed by atoms with E-state index in [2.05, 4.69) is 32.7 Å². The summed E-state index contributed by atoms with van der Waals surface area (Å²) in [6.07, 6.45) is 0.181. The summed E-state index contributed by atoms with van der Waals surface area (Å²) < 4.78 is 0. The first-order valence-corrected chi connectivity index (χ1v) is 10.6. The van der Waals surface area contributed by atoms with Crippen LogP contribution in [0.25, 0.3) is 0 Å². The molecule has 0 saturated heterocycles. The summed E-state index contributed by atoms with van der Waals surface area (Å²) in [5.41, 5.74) is 1.80. The minimum Gasteiger partial charge on any atom is -0.354 e. The molecule has 0 bridgehead atoms. The molecule has 0 spiro atoms. The fourth-order valence-corrected chi connectivity index (χ4v) is 4.05. The van der Waals surface area contributed by atoms with Gasteiger partial charge in [-0.15, -0.1) is 22.7 Å². The van der Waals surface area contributed by atoms with Crippen LogP contribution in [0.15, 0.2) is 53.2 Å². The van der Waals surface area contributed by atoms with Crippen molar-refractivity contribution in [3.05, 3.63) is 69.4 Å². The first-order chi connectivity index (χ1) is 13.5. The van der Waals surface area contributed by atoms with Gasteiger partial charge in [-0.05, 0) is 31.1 Å². The Kier molecular flexibility index (Phi) is 6.91. The molecule has 2 N–H and O–H groups in total. The summed E-state index contributed by atoms with van der Waals surface area (Å²) in [5.74, 6) is -0.277. The van der Waals surface area contributed by atoms with Gasteiger partial charge in [0.15, 0.2) is 5.13 Å². The van der Waals surface area contributed by atoms with Gasteiger partial charge in [0.05, 0.1) is 23.0 Å². The Labute approximate surface area is 172 Å². The van der Waals surface area contributed by atoms with E-state index in [1.807, 2.05) is 43.7 Å². The van der Waals surface area contributed by atoms with Crippen molar-refractivity contribution >= 4 is 39.6 Å². The second-order valence-corrected chi connectivity index (χ2v) is 8.25. The third-order valence-electron chi connectivity index (χ3n) is 4.16. The van der Waals surface area contributed by atoms with E-state index in [-0.39, 0.29) is 24.3 Å². The number of anilines is 1. The normalized spacial score (nSPS) is 12.0. The van der Waals surface area contributed by atoms with Crippen LogP contribution in [0.4, 0.5) is 5.13 Å². The zero-order valence-electron chi connectivity index (χ0n) is 15.7. The summed E-state index contributed by atoms with van der Waals surface area (Å²) >= 11 is 2.69. The van der Waals surface area contributed by atoms with Crippen LogP contribution in [0.1, 0.15) is 27.0 Å². The highest BCUT2D eigenvalue weighted by atomic mass is 32.1. The molecule has 1 aromatic carbocycles. The van der Waals surface area contributed by atoms with Crippen LogP contribution >= 0.6 is 22.7 Å². The van der Waals surface area contributed by atoms with E-state index < -0.39 is 0 Å². The zero-order valence-corrected chi connectivity index (χ0v) is 17.3. The van der Waals surface area contributed by atoms with Crippen LogP contribution in [-0.2, 0) is 11.2 Å². The zero-order chi connectivity index (χ0) is 19.9. The number of hydrogen-bond donors (Lipinski definition) is 2. The molecule has 2 aromatic heterocycles. The second kappa shape index (κ2) is 9.59. The molecule has 0 saturated carbocycles. The summed E-state index contributed by atoms with van der Waals surface area (Å²) in [7, 11) is 3.99. The molecule has 28 heavy (non-hydrogen) atoms. The molecule has 0 fully saturated rings. The number of carbonyl (C=O) groups is 2. The van der Waals surface area contributed by atoms with Gasteiger partial charge in [0.1, 0.15) is 0 Å². The largest absolute Gasteiger partial charge is 0.354 e. The fraction of sp³-hybridized carbons (Fsp3) is 0.250. The van der Waals surface area contributed by atoms with E-state index in [0.29, 0.717) is 22.2 Å². The van der Waals surface area contributed by atoms with Gasteiger partial charge in [-0.25, -0.2) is 4.98 Å². The molecule has 0 aliphatic rings. The molecule has 1 unspecified atom stereocenters. The Balaban J connectivity index is 1.52. The minimum absolute atomic E-state index is 0.0933. The monoisotopic (exact) mass is 414 g/mol. The molecule has 3 aromatic rings. The molecule has 2 heterocycles. The summed E-state index contributed by atoms with van der Waals surface area (Å²) in [6.45, 7) is 0.516. The number of thiophene rings is 1. The lowest BCUT2D eigenvalue weighted by Crippen LogP contribution is -2.35. The van der Waals surface area contributed by atoms with Crippen molar-refractivity contribution in [3.8, 4) is 0 Å². The highest BCUT2D eigenvalue weighted by Gasteiger charge is 2.16. The highest BCUT2D eigenvalue weighted by molar-refractivity contribution is 7.14. The molecular formula is C20H22N4O2S2. The van der Waals surface area contributed by atoms with Gasteiger partial charge in [-0.1, -0.05) is 36.4 Å². The highest BCUT2D eigenvalue weighted by Crippen LogP contribution is 2.19. The Morgan fingerprint density at radius 2 is 1.89 bits per heavy atom. The van der Waals surface area contributed by atoms with E-state index >= 15 is 0 Å². The van der Waals surface area contributed by atoms with Gasteiger partial charge in [-0.3, -0.25) is 14.9 Å². The lowest BCUT2D eigenvalue weighted by Gasteiger charge is -2.25. The number of nitrogens with zero attached hydrogens (tertiary/aromatic N) is 2. The van der Waals surface area contributed by atoms with Gasteiger partial charge >= 0.3 is 0 Å². The van der Waals surface area contributed by atoms with Gasteiger partial charge in [0.25, 0.3) is 5.91 Å². The lowest BCUT2D eigenvalue weighted by molar-refractivity contribution is -0.120. The predicted octanol–water partition coefficient (Wildman–Crippen LogP) is 3.42. The van der Waals surface area contributed by atoms with Crippen molar-refractivity contribution in [1.82, 2.24) is 15.2 Å². The predicted molar refractivity (Wildman–Crippen MR) is 114 cm³/mol. The first-order valence-electron chi connectivity index (χ1n) is 8.80. The van der Waals surface area contributed by atoms with Crippen molar-refractivity contribution < 1.29 is 9.59 Å². The molecule has 8 heteroatoms. The number of nitrogens with one attached hydrogen (secondary N) is 2. The van der Waals surface area contributed by atoms with Crippen LogP contribution in [0, 0.1) is 0 Å². The van der Waals surface area contributed by atoms with Gasteiger partial charge in [0, 0.05) is 11.9 Å². The van der Waals surface area contributed by atoms with E-state index in [9.17, 15) is 9.59 Å². The van der Waals surface area contributed by atoms with E-state index in [1.54, 1.807) is 11.4 Å². The standard InChI is InChI=1S/C20H22N4O2S2/c1-24(2)16(14-7-4-3-5-8-14)12-21-18(25)11-15-13-28-20(22-15)23-19(26)17-9-6-10-27-17/h3-10,13,16H,11-12H2,1-2H3,(H,21,25)(H,22,23,26). The number of amides is 2. The summed E-state index contributed by atoms with van der Waals surface area (Å²) in [5, 5.41) is 9.89. The number of benzene rings is 1. The van der Waals surface area contributed by atoms with Crippen molar-refractivity contribution in [2.24, 2.45) is 0 Å². The summed E-state index contributed by atoms with van der Waals surface area (Å²) in [4.78, 5) is 31.5. The van der Waals surface area contributed by atoms with Crippen LogP contribution in [0.3, 0.4) is 0 Å². The number of hydrogen-bond acceptors (Lipinski definition) is 6. The van der Waals surface area contributed by atoms with Crippen LogP contribution in [0.5, 0.6) is 0 Å². The maximum Gasteiger partial charge on any atom is 0.267 e. The average molecular weight is 415 g/mol. The number of rotatable bonds is 8. The molecule has 3 rings (SSSR count). The Hall–Kier alpha value is -2.55. The van der Waals surface area contributed by atoms with E-state index in [1.165, 1.54) is 22.7 Å². The average Bonchev–Trinajstić information content (AvgIpc) is 3.35. The van der Waals surface area contributed by atoms with Gasteiger partial charge in [0.2, 0.25) is 5.91 Å². The lowest BCUT2D eigenvalue weighted by atomic mass is 10.1. The van der Waals surface area contributed by atoms with Crippen molar-refractivity contribution in [3.63, 3.8) is 0 Å². The molecule has 1 atom stereocenters. The molecule has 2 amide bonds. The van der Waals surface area contributed by atoms with Crippen molar-refractivity contribution in [2.75, 3.05) is 26.0 Å². The Bertz CT molecular complexity index is 907. The van der Waals surface area contributed by atoms with Crippen molar-refractivity contribution in [1.29, 1.82) is 0 Å². The molecule has 146 valence electrons. The number of thiazole rings is 1. The topological polar surface area (TPSA) is 74.3 Å². The third kappa shape index (κ3) is 5.48. The van der Waals surface area contributed by atoms with Crippen LogP contribution in [-0.4, -0.2) is 42.3 Å². The van der Waals surface area contributed by atoms with Gasteiger partial charge < -0.3 is 10.2 Å². The van der Waals surface area contributed by atoms with E-state index in [4.69, 9.17) is 0 Å². The molecule has 6 nitrogen and oxygen atoms in total. The van der Waals surface area contributed by atoms with E-state index in [0.717, 1.165) is 5.56 Å². The quantitative estimate of drug-likeness (QED) is 0.592. The molecule has 0 aliphatic carbocycles. The summed E-state index contributed by atoms with van der Waals surface area (Å²) in [6, 6.07) is 13.8. The number of aromatic nitrogens is 1. The Morgan fingerprint density at radius 3 is 2.57 bits per heavy atom. The number of likely N-dealkylation sites (N-methyl/N-ethyl adjacent to an activating group) is 1. The smallest absolute Gasteiger partial charge is 0.267 e. The van der Waals surface area contributed by atoms with Crippen LogP contribution in [0.2, 0.25) is 0 Å². The molecular weight excluding hydrogens is 392 g/mol. The molecule has 0 aliphatic heterocycles. The van der Waals surface area contributed by atoms with Crippen LogP contribution < -0.4 is 10.6 Å². The maximum atomic E-state index is 12.3. The Morgan fingerprint density at radius 1 is 1.11 bits per heavy atom. The van der Waals surface area contributed by atoms with Gasteiger partial charge in [-0.2, -0.15) is 0 Å². The third-order valence-corrected chi connectivity index (χ3v) is 5.83. The fourth-order valence-electron chi connectivity index (χ4n) is 2.72. The first kappa shape index (κ1) is 20.2. The minimum atomic E-state index is -0.183. The second-order valence-electron chi connectivity index (χ2n) is 6.45. The van der Waals surface area contributed by atoms with Crippen molar-refractivity contribution in [2.45, 2.75) is 12.5 Å². The number of carbonyl (C=O) groups excluding carboxylic acids is 2. The maximum absolute atomic E-state index is 12.3.